The molecule has 3 heterocycles. The van der Waals surface area contributed by atoms with E-state index in [2.05, 4.69) is 15.3 Å². The van der Waals surface area contributed by atoms with E-state index in [-0.39, 0.29) is 5.91 Å². The number of oxazole rings is 1. The molecule has 8 heteroatoms. The molecule has 0 bridgehead atoms. The van der Waals surface area contributed by atoms with Crippen molar-refractivity contribution in [2.75, 3.05) is 5.32 Å². The Labute approximate surface area is 168 Å². The van der Waals surface area contributed by atoms with Gasteiger partial charge in [-0.2, -0.15) is 0 Å². The minimum Gasteiger partial charge on any atom is -0.408 e. The molecule has 0 radical (unpaired) electrons. The van der Waals surface area contributed by atoms with E-state index in [1.165, 1.54) is 11.3 Å². The highest BCUT2D eigenvalue weighted by Gasteiger charge is 2.11. The first-order valence-corrected chi connectivity index (χ1v) is 9.67. The SMILES string of the molecule is O=C(Nc1nc(-c2ccc3[nH]c(=O)oc3c2)cs1)c1ccc(-n2cccc2)cc1. The third-order valence-corrected chi connectivity index (χ3v) is 5.23. The molecular formula is C21H14N4O3S. The molecule has 29 heavy (non-hydrogen) atoms. The summed E-state index contributed by atoms with van der Waals surface area (Å²) in [6.45, 7) is 0. The number of amides is 1. The molecule has 3 aromatic heterocycles. The van der Waals surface area contributed by atoms with Gasteiger partial charge in [0.15, 0.2) is 10.7 Å². The maximum atomic E-state index is 12.5. The number of aromatic amines is 1. The molecule has 1 amide bonds. The van der Waals surface area contributed by atoms with Crippen molar-refractivity contribution in [2.24, 2.45) is 0 Å². The van der Waals surface area contributed by atoms with E-state index in [0.717, 1.165) is 11.3 Å². The van der Waals surface area contributed by atoms with Crippen LogP contribution in [0.3, 0.4) is 0 Å². The molecule has 5 aromatic rings. The lowest BCUT2D eigenvalue weighted by molar-refractivity contribution is 0.102. The van der Waals surface area contributed by atoms with Crippen LogP contribution < -0.4 is 11.1 Å². The number of carbonyl (C=O) groups excluding carboxylic acids is 1. The summed E-state index contributed by atoms with van der Waals surface area (Å²) in [6.07, 6.45) is 3.89. The third kappa shape index (κ3) is 3.37. The van der Waals surface area contributed by atoms with E-state index in [9.17, 15) is 9.59 Å². The number of nitrogens with zero attached hydrogens (tertiary/aromatic N) is 2. The predicted molar refractivity (Wildman–Crippen MR) is 112 cm³/mol. The molecule has 2 aromatic carbocycles. The van der Waals surface area contributed by atoms with Gasteiger partial charge in [-0.3, -0.25) is 15.1 Å². The van der Waals surface area contributed by atoms with Gasteiger partial charge in [-0.25, -0.2) is 9.78 Å². The van der Waals surface area contributed by atoms with Crippen LogP contribution in [0.15, 0.2) is 81.6 Å². The Morgan fingerprint density at radius 3 is 2.69 bits per heavy atom. The molecule has 5 rings (SSSR count). The number of rotatable bonds is 4. The number of benzene rings is 2. The molecule has 0 unspecified atom stereocenters. The first-order valence-electron chi connectivity index (χ1n) is 8.79. The minimum atomic E-state index is -0.494. The van der Waals surface area contributed by atoms with Gasteiger partial charge < -0.3 is 8.98 Å². The zero-order valence-corrected chi connectivity index (χ0v) is 15.8. The third-order valence-electron chi connectivity index (χ3n) is 4.47. The fourth-order valence-electron chi connectivity index (χ4n) is 3.03. The summed E-state index contributed by atoms with van der Waals surface area (Å²) in [5.41, 5.74) is 4.12. The Kier molecular flexibility index (Phi) is 4.10. The summed E-state index contributed by atoms with van der Waals surface area (Å²) in [6, 6.07) is 16.6. The lowest BCUT2D eigenvalue weighted by atomic mass is 10.1. The van der Waals surface area contributed by atoms with Crippen molar-refractivity contribution in [3.63, 3.8) is 0 Å². The lowest BCUT2D eigenvalue weighted by Gasteiger charge is -2.05. The molecule has 0 atom stereocenters. The predicted octanol–water partition coefficient (Wildman–Crippen LogP) is 4.29. The van der Waals surface area contributed by atoms with Crippen molar-refractivity contribution in [1.29, 1.82) is 0 Å². The maximum Gasteiger partial charge on any atom is 0.417 e. The highest BCUT2D eigenvalue weighted by atomic mass is 32.1. The van der Waals surface area contributed by atoms with Crippen molar-refractivity contribution < 1.29 is 9.21 Å². The summed E-state index contributed by atoms with van der Waals surface area (Å²) in [5, 5.41) is 5.17. The quantitative estimate of drug-likeness (QED) is 0.469. The number of carbonyl (C=O) groups is 1. The van der Waals surface area contributed by atoms with Crippen LogP contribution >= 0.6 is 11.3 Å². The first kappa shape index (κ1) is 17.2. The van der Waals surface area contributed by atoms with Gasteiger partial charge in [0.2, 0.25) is 0 Å². The van der Waals surface area contributed by atoms with Crippen molar-refractivity contribution in [3.05, 3.63) is 88.5 Å². The van der Waals surface area contributed by atoms with Crippen LogP contribution in [0.25, 0.3) is 28.0 Å². The van der Waals surface area contributed by atoms with Crippen molar-refractivity contribution in [1.82, 2.24) is 14.5 Å². The van der Waals surface area contributed by atoms with Gasteiger partial charge >= 0.3 is 5.76 Å². The topological polar surface area (TPSA) is 92.9 Å². The Bertz CT molecular complexity index is 1360. The van der Waals surface area contributed by atoms with E-state index in [1.54, 1.807) is 24.3 Å². The fraction of sp³-hybridized carbons (Fsp3) is 0. The number of H-pyrrole nitrogens is 1. The van der Waals surface area contributed by atoms with Crippen LogP contribution in [0.1, 0.15) is 10.4 Å². The summed E-state index contributed by atoms with van der Waals surface area (Å²) < 4.78 is 7.06. The van der Waals surface area contributed by atoms with Gasteiger partial charge in [-0.15, -0.1) is 11.3 Å². The zero-order chi connectivity index (χ0) is 19.8. The van der Waals surface area contributed by atoms with E-state index in [1.807, 2.05) is 52.7 Å². The lowest BCUT2D eigenvalue weighted by Crippen LogP contribution is -2.11. The second-order valence-electron chi connectivity index (χ2n) is 6.35. The number of fused-ring (bicyclic) bond motifs is 1. The number of nitrogens with one attached hydrogen (secondary N) is 2. The summed E-state index contributed by atoms with van der Waals surface area (Å²) in [7, 11) is 0. The van der Waals surface area contributed by atoms with Gasteiger partial charge in [-0.05, 0) is 48.5 Å². The summed E-state index contributed by atoms with van der Waals surface area (Å²) in [4.78, 5) is 30.9. The number of hydrogen-bond donors (Lipinski definition) is 2. The van der Waals surface area contributed by atoms with E-state index < -0.39 is 5.76 Å². The van der Waals surface area contributed by atoms with Crippen LogP contribution in [-0.2, 0) is 0 Å². The smallest absolute Gasteiger partial charge is 0.408 e. The van der Waals surface area contributed by atoms with Gasteiger partial charge in [-0.1, -0.05) is 6.07 Å². The zero-order valence-electron chi connectivity index (χ0n) is 15.0. The second-order valence-corrected chi connectivity index (χ2v) is 7.21. The van der Waals surface area contributed by atoms with Crippen molar-refractivity contribution >= 4 is 33.5 Å². The molecule has 7 nitrogen and oxygen atoms in total. The van der Waals surface area contributed by atoms with Gasteiger partial charge in [0, 0.05) is 34.6 Å². The normalized spacial score (nSPS) is 11.0. The molecule has 0 aliphatic heterocycles. The first-order chi connectivity index (χ1) is 14.2. The minimum absolute atomic E-state index is 0.225. The monoisotopic (exact) mass is 402 g/mol. The van der Waals surface area contributed by atoms with Crippen LogP contribution in [0.5, 0.6) is 0 Å². The molecule has 0 fully saturated rings. The van der Waals surface area contributed by atoms with Crippen LogP contribution in [0.2, 0.25) is 0 Å². The Morgan fingerprint density at radius 1 is 1.10 bits per heavy atom. The molecule has 2 N–H and O–H groups in total. The van der Waals surface area contributed by atoms with Crippen LogP contribution in [0.4, 0.5) is 5.13 Å². The molecule has 142 valence electrons. The second kappa shape index (κ2) is 6.92. The fourth-order valence-corrected chi connectivity index (χ4v) is 3.74. The van der Waals surface area contributed by atoms with E-state index >= 15 is 0 Å². The van der Waals surface area contributed by atoms with Gasteiger partial charge in [0.05, 0.1) is 11.2 Å². The average Bonchev–Trinajstić information content (AvgIpc) is 3.47. The summed E-state index contributed by atoms with van der Waals surface area (Å²) in [5.74, 6) is -0.719. The average molecular weight is 402 g/mol. The number of aromatic nitrogens is 3. The molecule has 0 saturated heterocycles. The standard InChI is InChI=1S/C21H14N4O3S/c26-19(13-3-6-15(7-4-13)25-9-1-2-10-25)24-20-22-17(12-29-20)14-5-8-16-18(11-14)28-21(27)23-16/h1-12H,(H,23,27)(H,22,24,26). The Balaban J connectivity index is 1.33. The van der Waals surface area contributed by atoms with Gasteiger partial charge in [0.1, 0.15) is 0 Å². The largest absolute Gasteiger partial charge is 0.417 e. The van der Waals surface area contributed by atoms with Gasteiger partial charge in [0.25, 0.3) is 5.91 Å². The summed E-state index contributed by atoms with van der Waals surface area (Å²) >= 11 is 1.33. The maximum absolute atomic E-state index is 12.5. The van der Waals surface area contributed by atoms with E-state index in [0.29, 0.717) is 27.5 Å². The Morgan fingerprint density at radius 2 is 1.90 bits per heavy atom. The number of anilines is 1. The Hall–Kier alpha value is -3.91. The molecule has 0 spiro atoms. The molecular weight excluding hydrogens is 388 g/mol. The van der Waals surface area contributed by atoms with Crippen molar-refractivity contribution in [3.8, 4) is 16.9 Å². The molecule has 0 aliphatic rings. The van der Waals surface area contributed by atoms with Crippen LogP contribution in [0, 0.1) is 0 Å². The van der Waals surface area contributed by atoms with E-state index in [4.69, 9.17) is 4.42 Å². The van der Waals surface area contributed by atoms with Crippen molar-refractivity contribution in [2.45, 2.75) is 0 Å². The molecule has 0 saturated carbocycles. The number of hydrogen-bond acceptors (Lipinski definition) is 5. The molecule has 0 aliphatic carbocycles. The number of thiazole rings is 1. The highest BCUT2D eigenvalue weighted by Crippen LogP contribution is 2.27. The highest BCUT2D eigenvalue weighted by molar-refractivity contribution is 7.14. The van der Waals surface area contributed by atoms with Crippen LogP contribution in [-0.4, -0.2) is 20.4 Å².